The standard InChI is InChI=1S/C14H25N3O4/c1-10(2)8-11(13(19)20)15-14(21)16(3)9-12(18)17-6-4-5-7-17/h10-11H,4-9H2,1-3H3,(H,15,21)(H,19,20)/t11-/m0/s1. The summed E-state index contributed by atoms with van der Waals surface area (Å²) in [6.45, 7) is 5.23. The monoisotopic (exact) mass is 299 g/mol. The zero-order valence-corrected chi connectivity index (χ0v) is 13.0. The predicted octanol–water partition coefficient (Wildman–Crippen LogP) is 0.750. The van der Waals surface area contributed by atoms with Crippen molar-refractivity contribution in [2.45, 2.75) is 39.2 Å². The van der Waals surface area contributed by atoms with Gasteiger partial charge in [-0.25, -0.2) is 9.59 Å². The van der Waals surface area contributed by atoms with E-state index in [2.05, 4.69) is 5.32 Å². The fraction of sp³-hybridized carbons (Fsp3) is 0.786. The minimum atomic E-state index is -1.06. The third-order valence-corrected chi connectivity index (χ3v) is 3.48. The molecule has 21 heavy (non-hydrogen) atoms. The summed E-state index contributed by atoms with van der Waals surface area (Å²) in [5.41, 5.74) is 0. The molecule has 1 fully saturated rings. The Morgan fingerprint density at radius 3 is 2.29 bits per heavy atom. The summed E-state index contributed by atoms with van der Waals surface area (Å²) < 4.78 is 0. The zero-order valence-electron chi connectivity index (χ0n) is 13.0. The van der Waals surface area contributed by atoms with Crippen molar-refractivity contribution in [1.29, 1.82) is 0 Å². The van der Waals surface area contributed by atoms with E-state index >= 15 is 0 Å². The van der Waals surface area contributed by atoms with Crippen molar-refractivity contribution in [2.75, 3.05) is 26.7 Å². The van der Waals surface area contributed by atoms with E-state index in [4.69, 9.17) is 5.11 Å². The maximum absolute atomic E-state index is 12.0. The number of nitrogens with one attached hydrogen (secondary N) is 1. The fourth-order valence-corrected chi connectivity index (χ4v) is 2.29. The van der Waals surface area contributed by atoms with Crippen LogP contribution in [0.5, 0.6) is 0 Å². The molecule has 1 aliphatic rings. The number of hydrogen-bond acceptors (Lipinski definition) is 3. The molecule has 1 saturated heterocycles. The lowest BCUT2D eigenvalue weighted by Gasteiger charge is -2.24. The number of urea groups is 1. The number of nitrogens with zero attached hydrogens (tertiary/aromatic N) is 2. The number of amides is 3. The third-order valence-electron chi connectivity index (χ3n) is 3.48. The van der Waals surface area contributed by atoms with Crippen LogP contribution in [0.25, 0.3) is 0 Å². The minimum absolute atomic E-state index is 0.0279. The second-order valence-corrected chi connectivity index (χ2v) is 5.91. The van der Waals surface area contributed by atoms with Gasteiger partial charge in [0.05, 0.1) is 0 Å². The van der Waals surface area contributed by atoms with E-state index in [1.54, 1.807) is 4.90 Å². The average molecular weight is 299 g/mol. The smallest absolute Gasteiger partial charge is 0.326 e. The van der Waals surface area contributed by atoms with Crippen LogP contribution in [0.3, 0.4) is 0 Å². The van der Waals surface area contributed by atoms with Crippen LogP contribution in [-0.4, -0.2) is 65.5 Å². The summed E-state index contributed by atoms with van der Waals surface area (Å²) in [7, 11) is 1.50. The summed E-state index contributed by atoms with van der Waals surface area (Å²) >= 11 is 0. The van der Waals surface area contributed by atoms with E-state index in [1.165, 1.54) is 11.9 Å². The van der Waals surface area contributed by atoms with E-state index in [1.807, 2.05) is 13.8 Å². The van der Waals surface area contributed by atoms with Gasteiger partial charge >= 0.3 is 12.0 Å². The van der Waals surface area contributed by atoms with E-state index in [-0.39, 0.29) is 18.4 Å². The second kappa shape index (κ2) is 7.85. The minimum Gasteiger partial charge on any atom is -0.480 e. The van der Waals surface area contributed by atoms with Crippen molar-refractivity contribution in [1.82, 2.24) is 15.1 Å². The zero-order chi connectivity index (χ0) is 16.0. The maximum Gasteiger partial charge on any atom is 0.326 e. The molecule has 0 aliphatic carbocycles. The Labute approximate surface area is 125 Å². The van der Waals surface area contributed by atoms with Crippen LogP contribution < -0.4 is 5.32 Å². The number of hydrogen-bond donors (Lipinski definition) is 2. The van der Waals surface area contributed by atoms with Crippen LogP contribution in [0.1, 0.15) is 33.1 Å². The average Bonchev–Trinajstić information content (AvgIpc) is 2.90. The number of likely N-dealkylation sites (N-methyl/N-ethyl adjacent to an activating group) is 1. The Balaban J connectivity index is 2.48. The Kier molecular flexibility index (Phi) is 6.45. The molecule has 7 nitrogen and oxygen atoms in total. The third kappa shape index (κ3) is 5.61. The van der Waals surface area contributed by atoms with Gasteiger partial charge < -0.3 is 20.2 Å². The number of aliphatic carboxylic acids is 1. The molecule has 7 heteroatoms. The maximum atomic E-state index is 12.0. The van der Waals surface area contributed by atoms with Gasteiger partial charge in [0.2, 0.25) is 5.91 Å². The molecular weight excluding hydrogens is 274 g/mol. The number of carboxylic acid groups (broad SMARTS) is 1. The largest absolute Gasteiger partial charge is 0.480 e. The first-order valence-corrected chi connectivity index (χ1v) is 7.33. The van der Waals surface area contributed by atoms with Crippen molar-refractivity contribution in [3.63, 3.8) is 0 Å². The molecule has 1 aliphatic heterocycles. The predicted molar refractivity (Wildman–Crippen MR) is 77.9 cm³/mol. The molecule has 0 unspecified atom stereocenters. The summed E-state index contributed by atoms with van der Waals surface area (Å²) in [5.74, 6) is -1.000. The molecule has 1 heterocycles. The van der Waals surface area contributed by atoms with Gasteiger partial charge in [-0.05, 0) is 25.2 Å². The van der Waals surface area contributed by atoms with Crippen LogP contribution >= 0.6 is 0 Å². The quantitative estimate of drug-likeness (QED) is 0.757. The van der Waals surface area contributed by atoms with Gasteiger partial charge in [-0.1, -0.05) is 13.8 Å². The first-order chi connectivity index (χ1) is 9.81. The normalized spacial score (nSPS) is 15.9. The van der Waals surface area contributed by atoms with Crippen LogP contribution in [0.15, 0.2) is 0 Å². The molecule has 2 N–H and O–H groups in total. The molecule has 0 spiro atoms. The molecule has 120 valence electrons. The van der Waals surface area contributed by atoms with E-state index < -0.39 is 18.0 Å². The van der Waals surface area contributed by atoms with Crippen LogP contribution in [-0.2, 0) is 9.59 Å². The van der Waals surface area contributed by atoms with Gasteiger partial charge in [0.25, 0.3) is 0 Å². The molecule has 0 aromatic carbocycles. The van der Waals surface area contributed by atoms with Crippen molar-refractivity contribution in [3.05, 3.63) is 0 Å². The highest BCUT2D eigenvalue weighted by atomic mass is 16.4. The van der Waals surface area contributed by atoms with Gasteiger partial charge in [0.1, 0.15) is 12.6 Å². The summed E-state index contributed by atoms with van der Waals surface area (Å²) in [6.07, 6.45) is 2.35. The van der Waals surface area contributed by atoms with E-state index in [0.717, 1.165) is 25.9 Å². The molecule has 0 radical (unpaired) electrons. The van der Waals surface area contributed by atoms with Crippen molar-refractivity contribution >= 4 is 17.9 Å². The molecule has 0 saturated carbocycles. The summed E-state index contributed by atoms with van der Waals surface area (Å²) in [6, 6.07) is -1.46. The number of carbonyl (C=O) groups is 3. The van der Waals surface area contributed by atoms with Gasteiger partial charge in [-0.15, -0.1) is 0 Å². The van der Waals surface area contributed by atoms with Crippen LogP contribution in [0.4, 0.5) is 4.79 Å². The first kappa shape index (κ1) is 17.3. The summed E-state index contributed by atoms with van der Waals surface area (Å²) in [5, 5.41) is 11.6. The van der Waals surface area contributed by atoms with Gasteiger partial charge in [0, 0.05) is 20.1 Å². The molecule has 0 aromatic heterocycles. The highest BCUT2D eigenvalue weighted by Gasteiger charge is 2.25. The van der Waals surface area contributed by atoms with E-state index in [0.29, 0.717) is 6.42 Å². The van der Waals surface area contributed by atoms with Crippen LogP contribution in [0, 0.1) is 5.92 Å². The Hall–Kier alpha value is -1.79. The van der Waals surface area contributed by atoms with E-state index in [9.17, 15) is 14.4 Å². The van der Waals surface area contributed by atoms with Gasteiger partial charge in [-0.3, -0.25) is 4.79 Å². The highest BCUT2D eigenvalue weighted by molar-refractivity contribution is 5.86. The lowest BCUT2D eigenvalue weighted by atomic mass is 10.0. The molecule has 3 amide bonds. The number of rotatable bonds is 6. The first-order valence-electron chi connectivity index (χ1n) is 7.33. The molecule has 1 rings (SSSR count). The Morgan fingerprint density at radius 1 is 1.24 bits per heavy atom. The van der Waals surface area contributed by atoms with Crippen LogP contribution in [0.2, 0.25) is 0 Å². The lowest BCUT2D eigenvalue weighted by molar-refractivity contribution is -0.139. The Morgan fingerprint density at radius 2 is 1.81 bits per heavy atom. The van der Waals surface area contributed by atoms with Gasteiger partial charge in [-0.2, -0.15) is 0 Å². The number of carbonyl (C=O) groups excluding carboxylic acids is 2. The topological polar surface area (TPSA) is 90.0 Å². The van der Waals surface area contributed by atoms with Gasteiger partial charge in [0.15, 0.2) is 0 Å². The molecule has 1 atom stereocenters. The molecule has 0 bridgehead atoms. The fourth-order valence-electron chi connectivity index (χ4n) is 2.29. The van der Waals surface area contributed by atoms with Crippen molar-refractivity contribution in [2.24, 2.45) is 5.92 Å². The van der Waals surface area contributed by atoms with Crippen molar-refractivity contribution < 1.29 is 19.5 Å². The summed E-state index contributed by atoms with van der Waals surface area (Å²) in [4.78, 5) is 38.0. The molecular formula is C14H25N3O4. The highest BCUT2D eigenvalue weighted by Crippen LogP contribution is 2.08. The second-order valence-electron chi connectivity index (χ2n) is 5.91. The van der Waals surface area contributed by atoms with Crippen molar-refractivity contribution in [3.8, 4) is 0 Å². The lowest BCUT2D eigenvalue weighted by Crippen LogP contribution is -2.49. The Bertz CT molecular complexity index is 392. The number of carboxylic acids is 1. The molecule has 0 aromatic rings. The SMILES string of the molecule is CC(C)C[C@H](NC(=O)N(C)CC(=O)N1CCCC1)C(=O)O. The number of likely N-dealkylation sites (tertiary alicyclic amines) is 1.